The minimum Gasteiger partial charge on any atom is -0.325 e. The minimum absolute atomic E-state index is 0.112. The SMILES string of the molecule is CC(C)CC1(N)CC1c1ccccc1F. The largest absolute Gasteiger partial charge is 0.325 e. The van der Waals surface area contributed by atoms with Crippen LogP contribution in [-0.2, 0) is 0 Å². The summed E-state index contributed by atoms with van der Waals surface area (Å²) in [5.41, 5.74) is 6.86. The first kappa shape index (κ1) is 10.6. The molecule has 1 aromatic rings. The van der Waals surface area contributed by atoms with Crippen LogP contribution in [0.4, 0.5) is 4.39 Å². The van der Waals surface area contributed by atoms with Crippen LogP contribution in [0.2, 0.25) is 0 Å². The first-order valence-electron chi connectivity index (χ1n) is 5.56. The predicted octanol–water partition coefficient (Wildman–Crippen LogP) is 3.06. The molecule has 0 saturated heterocycles. The smallest absolute Gasteiger partial charge is 0.126 e. The molecule has 1 fully saturated rings. The molecule has 2 heteroatoms. The fourth-order valence-electron chi connectivity index (χ4n) is 2.48. The number of rotatable bonds is 3. The number of hydrogen-bond acceptors (Lipinski definition) is 1. The summed E-state index contributed by atoms with van der Waals surface area (Å²) in [5.74, 6) is 0.687. The van der Waals surface area contributed by atoms with Crippen LogP contribution in [0.25, 0.3) is 0 Å². The fourth-order valence-corrected chi connectivity index (χ4v) is 2.48. The Balaban J connectivity index is 2.13. The van der Waals surface area contributed by atoms with Gasteiger partial charge in [-0.05, 0) is 30.4 Å². The second kappa shape index (κ2) is 3.60. The van der Waals surface area contributed by atoms with E-state index in [9.17, 15) is 4.39 Å². The van der Waals surface area contributed by atoms with Gasteiger partial charge in [-0.1, -0.05) is 32.0 Å². The van der Waals surface area contributed by atoms with Crippen molar-refractivity contribution in [2.45, 2.75) is 38.1 Å². The van der Waals surface area contributed by atoms with Crippen molar-refractivity contribution in [1.29, 1.82) is 0 Å². The maximum Gasteiger partial charge on any atom is 0.126 e. The van der Waals surface area contributed by atoms with Gasteiger partial charge in [0.25, 0.3) is 0 Å². The van der Waals surface area contributed by atoms with E-state index >= 15 is 0 Å². The van der Waals surface area contributed by atoms with Crippen molar-refractivity contribution in [3.8, 4) is 0 Å². The van der Waals surface area contributed by atoms with Gasteiger partial charge in [0.05, 0.1) is 0 Å². The molecule has 2 atom stereocenters. The lowest BCUT2D eigenvalue weighted by Crippen LogP contribution is -2.26. The molecule has 0 spiro atoms. The second-order valence-corrected chi connectivity index (χ2v) is 5.11. The Kier molecular flexibility index (Phi) is 2.55. The number of hydrogen-bond donors (Lipinski definition) is 1. The lowest BCUT2D eigenvalue weighted by molar-refractivity contribution is 0.470. The average Bonchev–Trinajstić information content (AvgIpc) is 2.76. The number of nitrogens with two attached hydrogens (primary N) is 1. The van der Waals surface area contributed by atoms with Gasteiger partial charge in [-0.2, -0.15) is 0 Å². The van der Waals surface area contributed by atoms with Gasteiger partial charge in [0.2, 0.25) is 0 Å². The molecule has 0 bridgehead atoms. The zero-order valence-electron chi connectivity index (χ0n) is 9.33. The van der Waals surface area contributed by atoms with Crippen LogP contribution in [0.15, 0.2) is 24.3 Å². The van der Waals surface area contributed by atoms with Crippen LogP contribution in [0.5, 0.6) is 0 Å². The topological polar surface area (TPSA) is 26.0 Å². The number of halogens is 1. The maximum absolute atomic E-state index is 13.5. The summed E-state index contributed by atoms with van der Waals surface area (Å²) in [6.07, 6.45) is 1.90. The average molecular weight is 207 g/mol. The third-order valence-electron chi connectivity index (χ3n) is 3.19. The van der Waals surface area contributed by atoms with Gasteiger partial charge < -0.3 is 5.73 Å². The van der Waals surface area contributed by atoms with E-state index in [0.717, 1.165) is 18.4 Å². The summed E-state index contributed by atoms with van der Waals surface area (Å²) in [6, 6.07) is 6.98. The molecule has 2 unspecified atom stereocenters. The molecular weight excluding hydrogens is 189 g/mol. The van der Waals surface area contributed by atoms with Gasteiger partial charge in [0.15, 0.2) is 0 Å². The third-order valence-corrected chi connectivity index (χ3v) is 3.19. The highest BCUT2D eigenvalue weighted by Gasteiger charge is 2.52. The second-order valence-electron chi connectivity index (χ2n) is 5.11. The first-order chi connectivity index (χ1) is 7.03. The molecule has 0 heterocycles. The fraction of sp³-hybridized carbons (Fsp3) is 0.538. The quantitative estimate of drug-likeness (QED) is 0.810. The van der Waals surface area contributed by atoms with Crippen LogP contribution < -0.4 is 5.73 Å². The lowest BCUT2D eigenvalue weighted by atomic mass is 9.97. The van der Waals surface area contributed by atoms with E-state index in [1.165, 1.54) is 6.07 Å². The Bertz CT molecular complexity index is 361. The van der Waals surface area contributed by atoms with Gasteiger partial charge >= 0.3 is 0 Å². The zero-order chi connectivity index (χ0) is 11.1. The Hall–Kier alpha value is -0.890. The van der Waals surface area contributed by atoms with Crippen LogP contribution >= 0.6 is 0 Å². The molecule has 0 amide bonds. The van der Waals surface area contributed by atoms with E-state index < -0.39 is 0 Å². The standard InChI is InChI=1S/C13H18FN/c1-9(2)7-13(15)8-11(13)10-5-3-4-6-12(10)14/h3-6,9,11H,7-8,15H2,1-2H3. The zero-order valence-corrected chi connectivity index (χ0v) is 9.33. The summed E-state index contributed by atoms with van der Waals surface area (Å²) in [5, 5.41) is 0. The van der Waals surface area contributed by atoms with E-state index in [1.54, 1.807) is 6.07 Å². The summed E-state index contributed by atoms with van der Waals surface area (Å²) < 4.78 is 13.5. The molecule has 1 aliphatic carbocycles. The van der Waals surface area contributed by atoms with Crippen LogP contribution in [0.3, 0.4) is 0 Å². The normalized spacial score (nSPS) is 29.5. The summed E-state index contributed by atoms with van der Waals surface area (Å²) in [6.45, 7) is 4.32. The van der Waals surface area contributed by atoms with Crippen molar-refractivity contribution in [2.24, 2.45) is 11.7 Å². The summed E-state index contributed by atoms with van der Waals surface area (Å²) in [7, 11) is 0. The summed E-state index contributed by atoms with van der Waals surface area (Å²) in [4.78, 5) is 0. The van der Waals surface area contributed by atoms with Crippen molar-refractivity contribution in [2.75, 3.05) is 0 Å². The van der Waals surface area contributed by atoms with E-state index in [2.05, 4.69) is 13.8 Å². The first-order valence-corrected chi connectivity index (χ1v) is 5.56. The monoisotopic (exact) mass is 207 g/mol. The molecule has 1 saturated carbocycles. The molecule has 0 aliphatic heterocycles. The van der Waals surface area contributed by atoms with Crippen molar-refractivity contribution in [3.63, 3.8) is 0 Å². The molecule has 0 aromatic heterocycles. The van der Waals surface area contributed by atoms with E-state index in [-0.39, 0.29) is 17.3 Å². The van der Waals surface area contributed by atoms with Crippen molar-refractivity contribution in [1.82, 2.24) is 0 Å². The number of benzene rings is 1. The Labute approximate surface area is 90.5 Å². The molecule has 0 radical (unpaired) electrons. The molecule has 82 valence electrons. The highest BCUT2D eigenvalue weighted by atomic mass is 19.1. The molecule has 1 nitrogen and oxygen atoms in total. The molecule has 15 heavy (non-hydrogen) atoms. The van der Waals surface area contributed by atoms with Gasteiger partial charge in [-0.3, -0.25) is 0 Å². The van der Waals surface area contributed by atoms with Crippen LogP contribution in [0.1, 0.15) is 38.2 Å². The molecule has 1 aliphatic rings. The van der Waals surface area contributed by atoms with Crippen molar-refractivity contribution in [3.05, 3.63) is 35.6 Å². The van der Waals surface area contributed by atoms with Crippen LogP contribution in [-0.4, -0.2) is 5.54 Å². The highest BCUT2D eigenvalue weighted by molar-refractivity contribution is 5.33. The Morgan fingerprint density at radius 1 is 1.47 bits per heavy atom. The molecule has 1 aromatic carbocycles. The third kappa shape index (κ3) is 2.05. The van der Waals surface area contributed by atoms with Gasteiger partial charge in [0, 0.05) is 11.5 Å². The molecule has 2 N–H and O–H groups in total. The van der Waals surface area contributed by atoms with Gasteiger partial charge in [-0.25, -0.2) is 4.39 Å². The van der Waals surface area contributed by atoms with Crippen molar-refractivity contribution >= 4 is 0 Å². The Morgan fingerprint density at radius 2 is 2.13 bits per heavy atom. The van der Waals surface area contributed by atoms with E-state index in [1.807, 2.05) is 12.1 Å². The van der Waals surface area contributed by atoms with Gasteiger partial charge in [0.1, 0.15) is 5.82 Å². The Morgan fingerprint density at radius 3 is 2.73 bits per heavy atom. The molecule has 2 rings (SSSR count). The van der Waals surface area contributed by atoms with Crippen molar-refractivity contribution < 1.29 is 4.39 Å². The highest BCUT2D eigenvalue weighted by Crippen LogP contribution is 2.53. The van der Waals surface area contributed by atoms with E-state index in [4.69, 9.17) is 5.73 Å². The van der Waals surface area contributed by atoms with Crippen LogP contribution in [0, 0.1) is 11.7 Å². The van der Waals surface area contributed by atoms with Gasteiger partial charge in [-0.15, -0.1) is 0 Å². The maximum atomic E-state index is 13.5. The molecular formula is C13H18FN. The summed E-state index contributed by atoms with van der Waals surface area (Å²) >= 11 is 0. The lowest BCUT2D eigenvalue weighted by Gasteiger charge is -2.14. The van der Waals surface area contributed by atoms with E-state index in [0.29, 0.717) is 5.92 Å². The minimum atomic E-state index is -0.156. The predicted molar refractivity (Wildman–Crippen MR) is 60.1 cm³/mol.